The molecule has 2 N–H and O–H groups in total. The number of Topliss-reactive ketones (excluding diaryl/α,β-unsaturated/α-hetero) is 1. The van der Waals surface area contributed by atoms with Crippen LogP contribution in [0.15, 0.2) is 60.7 Å². The number of aryl methyl sites for hydroxylation is 1. The number of para-hydroxylation sites is 1. The Hall–Kier alpha value is -3.95. The molecule has 0 amide bonds. The summed E-state index contributed by atoms with van der Waals surface area (Å²) in [7, 11) is 0. The van der Waals surface area contributed by atoms with E-state index in [-0.39, 0.29) is 5.78 Å². The second-order valence-electron chi connectivity index (χ2n) is 7.96. The molecule has 6 nitrogen and oxygen atoms in total. The maximum Gasteiger partial charge on any atom is 0.236 e. The van der Waals surface area contributed by atoms with E-state index < -0.39 is 6.04 Å². The number of ketones is 1. The summed E-state index contributed by atoms with van der Waals surface area (Å²) in [6, 6.07) is 20.1. The summed E-state index contributed by atoms with van der Waals surface area (Å²) in [5.74, 6) is 3.34. The van der Waals surface area contributed by atoms with Crippen LogP contribution in [0.25, 0.3) is 16.9 Å². The van der Waals surface area contributed by atoms with Gasteiger partial charge in [-0.2, -0.15) is 4.98 Å². The molecule has 1 atom stereocenters. The number of carbonyl (C=O) groups is 1. The minimum Gasteiger partial charge on any atom is -0.366 e. The highest BCUT2D eigenvalue weighted by atomic mass is 16.1. The molecule has 1 aliphatic heterocycles. The third-order valence-corrected chi connectivity index (χ3v) is 5.86. The summed E-state index contributed by atoms with van der Waals surface area (Å²) in [5.41, 5.74) is 5.07. The molecule has 0 saturated carbocycles. The number of hydrogen-bond donors (Lipinski definition) is 2. The monoisotopic (exact) mass is 421 g/mol. The third kappa shape index (κ3) is 3.64. The van der Waals surface area contributed by atoms with Crippen LogP contribution in [0.4, 0.5) is 5.82 Å². The van der Waals surface area contributed by atoms with Crippen molar-refractivity contribution < 1.29 is 4.79 Å². The van der Waals surface area contributed by atoms with Gasteiger partial charge in [0.2, 0.25) is 11.7 Å². The first kappa shape index (κ1) is 20.0. The molecule has 3 heterocycles. The van der Waals surface area contributed by atoms with Crippen molar-refractivity contribution in [3.8, 4) is 18.3 Å². The lowest BCUT2D eigenvalue weighted by Gasteiger charge is -2.25. The van der Waals surface area contributed by atoms with Gasteiger partial charge in [0.1, 0.15) is 5.82 Å². The molecule has 0 bridgehead atoms. The zero-order chi connectivity index (χ0) is 22.1. The van der Waals surface area contributed by atoms with E-state index in [0.717, 1.165) is 39.2 Å². The Kier molecular flexibility index (Phi) is 5.18. The summed E-state index contributed by atoms with van der Waals surface area (Å²) in [6.45, 7) is 3.17. The van der Waals surface area contributed by atoms with E-state index in [9.17, 15) is 4.79 Å². The van der Waals surface area contributed by atoms with Crippen molar-refractivity contribution >= 4 is 22.5 Å². The maximum absolute atomic E-state index is 12.2. The van der Waals surface area contributed by atoms with Crippen LogP contribution in [0.2, 0.25) is 0 Å². The van der Waals surface area contributed by atoms with Gasteiger partial charge in [-0.1, -0.05) is 48.5 Å². The summed E-state index contributed by atoms with van der Waals surface area (Å²) in [4.78, 5) is 22.0. The molecule has 1 unspecified atom stereocenters. The molecule has 0 saturated heterocycles. The number of carbonyl (C=O) groups excluding carboxylic acids is 1. The minimum atomic E-state index is -0.431. The SMILES string of the molecule is C#CC(=O)C1Cc2nc(-n3c(C)cc4ccccc43)nc(NCc3ccccc3)c2CN1. The smallest absolute Gasteiger partial charge is 0.236 e. The number of nitrogens with one attached hydrogen (secondary N) is 2. The van der Waals surface area contributed by atoms with E-state index in [1.54, 1.807) is 0 Å². The highest BCUT2D eigenvalue weighted by Gasteiger charge is 2.27. The van der Waals surface area contributed by atoms with Crippen molar-refractivity contribution in [1.29, 1.82) is 0 Å². The van der Waals surface area contributed by atoms with Crippen molar-refractivity contribution in [1.82, 2.24) is 19.9 Å². The van der Waals surface area contributed by atoms with Gasteiger partial charge in [0.05, 0.1) is 17.3 Å². The van der Waals surface area contributed by atoms with Gasteiger partial charge in [-0.3, -0.25) is 9.36 Å². The lowest BCUT2D eigenvalue weighted by molar-refractivity contribution is -0.115. The van der Waals surface area contributed by atoms with Gasteiger partial charge in [0, 0.05) is 36.2 Å². The van der Waals surface area contributed by atoms with Gasteiger partial charge in [0.25, 0.3) is 0 Å². The molecule has 4 aromatic rings. The number of anilines is 1. The number of terminal acetylenes is 1. The number of rotatable bonds is 5. The number of benzene rings is 2. The van der Waals surface area contributed by atoms with Gasteiger partial charge < -0.3 is 10.6 Å². The number of nitrogens with zero attached hydrogens (tertiary/aromatic N) is 3. The fourth-order valence-electron chi connectivity index (χ4n) is 4.23. The molecule has 2 aromatic carbocycles. The molecular formula is C26H23N5O. The second-order valence-corrected chi connectivity index (χ2v) is 7.96. The standard InChI is InChI=1S/C26H23N5O/c1-3-24(32)22-14-21-20(16-27-22)25(28-15-18-9-5-4-6-10-18)30-26(29-21)31-17(2)13-19-11-7-8-12-23(19)31/h1,4-13,22,27H,14-16H2,2H3,(H,28,29,30). The summed E-state index contributed by atoms with van der Waals surface area (Å²) in [6.07, 6.45) is 5.80. The molecule has 0 spiro atoms. The molecule has 158 valence electrons. The van der Waals surface area contributed by atoms with Crippen LogP contribution in [-0.2, 0) is 24.3 Å². The highest BCUT2D eigenvalue weighted by molar-refractivity contribution is 5.99. The molecular weight excluding hydrogens is 398 g/mol. The van der Waals surface area contributed by atoms with Crippen LogP contribution in [0.3, 0.4) is 0 Å². The Morgan fingerprint density at radius 1 is 1.19 bits per heavy atom. The van der Waals surface area contributed by atoms with Gasteiger partial charge in [-0.05, 0) is 30.5 Å². The predicted molar refractivity (Wildman–Crippen MR) is 126 cm³/mol. The van der Waals surface area contributed by atoms with Crippen LogP contribution < -0.4 is 10.6 Å². The van der Waals surface area contributed by atoms with E-state index in [0.29, 0.717) is 25.5 Å². The molecule has 2 aromatic heterocycles. The predicted octanol–water partition coefficient (Wildman–Crippen LogP) is 3.56. The van der Waals surface area contributed by atoms with E-state index in [4.69, 9.17) is 16.4 Å². The average molecular weight is 422 g/mol. The fraction of sp³-hybridized carbons (Fsp3) is 0.192. The molecule has 0 aliphatic carbocycles. The molecule has 1 aliphatic rings. The minimum absolute atomic E-state index is 0.253. The van der Waals surface area contributed by atoms with Crippen molar-refractivity contribution in [2.24, 2.45) is 0 Å². The molecule has 32 heavy (non-hydrogen) atoms. The summed E-state index contributed by atoms with van der Waals surface area (Å²) >= 11 is 0. The number of aromatic nitrogens is 3. The Bertz CT molecular complexity index is 1350. The largest absolute Gasteiger partial charge is 0.366 e. The lowest BCUT2D eigenvalue weighted by atomic mass is 9.98. The van der Waals surface area contributed by atoms with Gasteiger partial charge in [0.15, 0.2) is 0 Å². The normalized spacial score (nSPS) is 15.2. The van der Waals surface area contributed by atoms with E-state index in [1.165, 1.54) is 0 Å². The quantitative estimate of drug-likeness (QED) is 0.381. The highest BCUT2D eigenvalue weighted by Crippen LogP contribution is 2.27. The van der Waals surface area contributed by atoms with Crippen LogP contribution >= 0.6 is 0 Å². The third-order valence-electron chi connectivity index (χ3n) is 5.86. The van der Waals surface area contributed by atoms with Crippen molar-refractivity contribution in [3.63, 3.8) is 0 Å². The first-order chi connectivity index (χ1) is 15.6. The Morgan fingerprint density at radius 3 is 2.78 bits per heavy atom. The van der Waals surface area contributed by atoms with Crippen LogP contribution in [0, 0.1) is 19.3 Å². The van der Waals surface area contributed by atoms with Crippen molar-refractivity contribution in [2.45, 2.75) is 32.5 Å². The van der Waals surface area contributed by atoms with Gasteiger partial charge in [-0.15, -0.1) is 6.42 Å². The second kappa shape index (κ2) is 8.29. The van der Waals surface area contributed by atoms with Crippen molar-refractivity contribution in [2.75, 3.05) is 5.32 Å². The Morgan fingerprint density at radius 2 is 1.97 bits per heavy atom. The average Bonchev–Trinajstić information content (AvgIpc) is 3.17. The zero-order valence-electron chi connectivity index (χ0n) is 17.8. The molecule has 5 rings (SSSR count). The summed E-state index contributed by atoms with van der Waals surface area (Å²) < 4.78 is 2.06. The van der Waals surface area contributed by atoms with Crippen LogP contribution in [0.5, 0.6) is 0 Å². The number of hydrogen-bond acceptors (Lipinski definition) is 5. The Labute approximate surface area is 186 Å². The first-order valence-electron chi connectivity index (χ1n) is 10.6. The van der Waals surface area contributed by atoms with Crippen molar-refractivity contribution in [3.05, 3.63) is 83.2 Å². The molecule has 6 heteroatoms. The fourth-order valence-corrected chi connectivity index (χ4v) is 4.23. The maximum atomic E-state index is 12.2. The Balaban J connectivity index is 1.60. The van der Waals surface area contributed by atoms with Crippen LogP contribution in [-0.4, -0.2) is 26.4 Å². The van der Waals surface area contributed by atoms with Gasteiger partial charge in [-0.25, -0.2) is 4.98 Å². The van der Waals surface area contributed by atoms with E-state index >= 15 is 0 Å². The van der Waals surface area contributed by atoms with E-state index in [2.05, 4.69) is 51.5 Å². The van der Waals surface area contributed by atoms with E-state index in [1.807, 2.05) is 37.3 Å². The topological polar surface area (TPSA) is 71.8 Å². The number of fused-ring (bicyclic) bond motifs is 2. The first-order valence-corrected chi connectivity index (χ1v) is 10.6. The van der Waals surface area contributed by atoms with Gasteiger partial charge >= 0.3 is 0 Å². The zero-order valence-corrected chi connectivity index (χ0v) is 17.8. The molecule has 0 radical (unpaired) electrons. The summed E-state index contributed by atoms with van der Waals surface area (Å²) in [5, 5.41) is 7.86. The molecule has 0 fully saturated rings. The van der Waals surface area contributed by atoms with Crippen LogP contribution in [0.1, 0.15) is 22.5 Å². The lowest BCUT2D eigenvalue weighted by Crippen LogP contribution is -2.42.